The molecule has 8 heteroatoms. The molecule has 2 aromatic rings. The van der Waals surface area contributed by atoms with E-state index in [0.29, 0.717) is 37.8 Å². The Hall–Kier alpha value is -2.48. The number of nitrogens with zero attached hydrogens (tertiary/aromatic N) is 4. The summed E-state index contributed by atoms with van der Waals surface area (Å²) in [6.45, 7) is 4.50. The normalized spacial score (nSPS) is 17.3. The number of anilines is 1. The van der Waals surface area contributed by atoms with E-state index in [4.69, 9.17) is 9.26 Å². The third-order valence-electron chi connectivity index (χ3n) is 4.50. The number of hydrogen-bond acceptors (Lipinski definition) is 7. The monoisotopic (exact) mass is 359 g/mol. The maximum Gasteiger partial charge on any atom is 0.226 e. The molecule has 1 aliphatic rings. The Morgan fingerprint density at radius 2 is 2.38 bits per heavy atom. The van der Waals surface area contributed by atoms with Crippen LogP contribution in [0.2, 0.25) is 0 Å². The Kier molecular flexibility index (Phi) is 6.17. The summed E-state index contributed by atoms with van der Waals surface area (Å²) in [4.78, 5) is 23.5. The molecular weight excluding hydrogens is 334 g/mol. The topological polar surface area (TPSA) is 93.4 Å². The van der Waals surface area contributed by atoms with Crippen LogP contribution in [0, 0.1) is 5.92 Å². The van der Waals surface area contributed by atoms with E-state index < -0.39 is 0 Å². The summed E-state index contributed by atoms with van der Waals surface area (Å²) in [5.41, 5.74) is 0.830. The van der Waals surface area contributed by atoms with Gasteiger partial charge in [0.25, 0.3) is 0 Å². The molecule has 1 saturated heterocycles. The van der Waals surface area contributed by atoms with Crippen LogP contribution in [0.4, 0.5) is 5.82 Å². The first kappa shape index (κ1) is 18.3. The maximum atomic E-state index is 12.4. The molecular formula is C18H25N5O3. The van der Waals surface area contributed by atoms with Crippen molar-refractivity contribution in [2.75, 3.05) is 38.3 Å². The molecule has 0 radical (unpaired) electrons. The Balaban J connectivity index is 1.75. The highest BCUT2D eigenvalue weighted by Gasteiger charge is 2.28. The van der Waals surface area contributed by atoms with Gasteiger partial charge in [0, 0.05) is 39.4 Å². The van der Waals surface area contributed by atoms with E-state index in [-0.39, 0.29) is 11.8 Å². The number of carbonyl (C=O) groups excluding carboxylic acids is 1. The van der Waals surface area contributed by atoms with Gasteiger partial charge < -0.3 is 19.5 Å². The molecule has 1 amide bonds. The third-order valence-corrected chi connectivity index (χ3v) is 4.50. The van der Waals surface area contributed by atoms with Gasteiger partial charge in [-0.1, -0.05) is 12.1 Å². The molecule has 2 aromatic heterocycles. The fourth-order valence-electron chi connectivity index (χ4n) is 3.14. The minimum atomic E-state index is -0.0630. The van der Waals surface area contributed by atoms with Crippen molar-refractivity contribution in [2.45, 2.75) is 26.2 Å². The van der Waals surface area contributed by atoms with Gasteiger partial charge in [-0.05, 0) is 25.0 Å². The molecule has 0 unspecified atom stereocenters. The first-order chi connectivity index (χ1) is 12.7. The minimum absolute atomic E-state index is 0.0630. The van der Waals surface area contributed by atoms with Crippen molar-refractivity contribution in [3.8, 4) is 11.4 Å². The zero-order valence-electron chi connectivity index (χ0n) is 15.3. The number of aryl methyl sites for hydroxylation is 1. The van der Waals surface area contributed by atoms with E-state index in [9.17, 15) is 4.79 Å². The van der Waals surface area contributed by atoms with Crippen molar-refractivity contribution in [2.24, 2.45) is 5.92 Å². The first-order valence-corrected chi connectivity index (χ1v) is 9.02. The number of carbonyl (C=O) groups is 1. The van der Waals surface area contributed by atoms with Gasteiger partial charge in [0.15, 0.2) is 0 Å². The summed E-state index contributed by atoms with van der Waals surface area (Å²) >= 11 is 0. The van der Waals surface area contributed by atoms with Gasteiger partial charge in [-0.3, -0.25) is 4.79 Å². The number of nitrogens with one attached hydrogen (secondary N) is 1. The van der Waals surface area contributed by atoms with Crippen LogP contribution in [0.15, 0.2) is 22.9 Å². The van der Waals surface area contributed by atoms with E-state index in [1.165, 1.54) is 0 Å². The Morgan fingerprint density at radius 3 is 3.15 bits per heavy atom. The molecule has 0 spiro atoms. The SMILES string of the molecule is CCc1nc(-c2cccnc2N2CCC[C@@H](C(=O)NCCOC)C2)no1. The van der Waals surface area contributed by atoms with Gasteiger partial charge in [-0.25, -0.2) is 4.98 Å². The standard InChI is InChI=1S/C18H25N5O3/c1-3-15-21-16(22-26-15)14-7-4-8-19-17(14)23-10-5-6-13(12-23)18(24)20-9-11-25-2/h4,7-8,13H,3,5-6,9-12H2,1-2H3,(H,20,24)/t13-/m1/s1. The number of rotatable bonds is 7. The summed E-state index contributed by atoms with van der Waals surface area (Å²) in [7, 11) is 1.62. The van der Waals surface area contributed by atoms with Gasteiger partial charge in [-0.15, -0.1) is 0 Å². The number of ether oxygens (including phenoxy) is 1. The molecule has 3 heterocycles. The minimum Gasteiger partial charge on any atom is -0.383 e. The smallest absolute Gasteiger partial charge is 0.226 e. The van der Waals surface area contributed by atoms with E-state index in [0.717, 1.165) is 30.8 Å². The quantitative estimate of drug-likeness (QED) is 0.752. The first-order valence-electron chi connectivity index (χ1n) is 9.02. The van der Waals surface area contributed by atoms with E-state index in [1.807, 2.05) is 19.1 Å². The second kappa shape index (κ2) is 8.75. The maximum absolute atomic E-state index is 12.4. The molecule has 1 N–H and O–H groups in total. The molecule has 8 nitrogen and oxygen atoms in total. The Bertz CT molecular complexity index is 733. The van der Waals surface area contributed by atoms with E-state index in [1.54, 1.807) is 13.3 Å². The molecule has 1 aliphatic heterocycles. The molecule has 0 aliphatic carbocycles. The van der Waals surface area contributed by atoms with Gasteiger partial charge in [0.05, 0.1) is 18.1 Å². The van der Waals surface area contributed by atoms with E-state index in [2.05, 4.69) is 25.3 Å². The second-order valence-electron chi connectivity index (χ2n) is 6.31. The van der Waals surface area contributed by atoms with E-state index >= 15 is 0 Å². The van der Waals surface area contributed by atoms with Gasteiger partial charge >= 0.3 is 0 Å². The van der Waals surface area contributed by atoms with Crippen LogP contribution in [-0.4, -0.2) is 54.4 Å². The lowest BCUT2D eigenvalue weighted by Gasteiger charge is -2.33. The second-order valence-corrected chi connectivity index (χ2v) is 6.31. The van der Waals surface area contributed by atoms with Crippen LogP contribution < -0.4 is 10.2 Å². The van der Waals surface area contributed by atoms with Crippen LogP contribution in [0.5, 0.6) is 0 Å². The van der Waals surface area contributed by atoms with Crippen LogP contribution in [0.3, 0.4) is 0 Å². The van der Waals surface area contributed by atoms with Crippen molar-refractivity contribution >= 4 is 11.7 Å². The number of piperidine rings is 1. The summed E-state index contributed by atoms with van der Waals surface area (Å²) in [6, 6.07) is 3.80. The van der Waals surface area contributed by atoms with Crippen molar-refractivity contribution < 1.29 is 14.1 Å². The van der Waals surface area contributed by atoms with Crippen LogP contribution >= 0.6 is 0 Å². The van der Waals surface area contributed by atoms with Crippen molar-refractivity contribution in [1.29, 1.82) is 0 Å². The highest BCUT2D eigenvalue weighted by Crippen LogP contribution is 2.30. The highest BCUT2D eigenvalue weighted by molar-refractivity contribution is 5.80. The summed E-state index contributed by atoms with van der Waals surface area (Å²) in [5, 5.41) is 7.00. The van der Waals surface area contributed by atoms with Gasteiger partial charge in [0.2, 0.25) is 17.6 Å². The molecule has 1 fully saturated rings. The van der Waals surface area contributed by atoms with Gasteiger partial charge in [-0.2, -0.15) is 4.98 Å². The predicted molar refractivity (Wildman–Crippen MR) is 96.7 cm³/mol. The Labute approximate surface area is 152 Å². The van der Waals surface area contributed by atoms with Crippen LogP contribution in [0.25, 0.3) is 11.4 Å². The molecule has 1 atom stereocenters. The molecule has 0 aromatic carbocycles. The van der Waals surface area contributed by atoms with Crippen LogP contribution in [-0.2, 0) is 16.0 Å². The fraction of sp³-hybridized carbons (Fsp3) is 0.556. The van der Waals surface area contributed by atoms with Crippen molar-refractivity contribution in [3.05, 3.63) is 24.2 Å². The lowest BCUT2D eigenvalue weighted by molar-refractivity contribution is -0.125. The van der Waals surface area contributed by atoms with Gasteiger partial charge in [0.1, 0.15) is 5.82 Å². The molecule has 0 bridgehead atoms. The third kappa shape index (κ3) is 4.19. The van der Waals surface area contributed by atoms with Crippen molar-refractivity contribution in [1.82, 2.24) is 20.4 Å². The van der Waals surface area contributed by atoms with Crippen LogP contribution in [0.1, 0.15) is 25.7 Å². The zero-order chi connectivity index (χ0) is 18.4. The zero-order valence-corrected chi connectivity index (χ0v) is 15.3. The lowest BCUT2D eigenvalue weighted by atomic mass is 9.96. The molecule has 3 rings (SSSR count). The summed E-state index contributed by atoms with van der Waals surface area (Å²) in [6.07, 6.45) is 4.25. The average molecular weight is 359 g/mol. The summed E-state index contributed by atoms with van der Waals surface area (Å²) < 4.78 is 10.2. The highest BCUT2D eigenvalue weighted by atomic mass is 16.5. The molecule has 0 saturated carbocycles. The lowest BCUT2D eigenvalue weighted by Crippen LogP contribution is -2.44. The average Bonchev–Trinajstić information content (AvgIpc) is 3.17. The predicted octanol–water partition coefficient (Wildman–Crippen LogP) is 1.67. The fourth-order valence-corrected chi connectivity index (χ4v) is 3.14. The number of hydrogen-bond donors (Lipinski definition) is 1. The molecule has 26 heavy (non-hydrogen) atoms. The molecule has 140 valence electrons. The number of methoxy groups -OCH3 is 1. The number of amides is 1. The Morgan fingerprint density at radius 1 is 1.50 bits per heavy atom. The number of pyridine rings is 1. The van der Waals surface area contributed by atoms with Crippen molar-refractivity contribution in [3.63, 3.8) is 0 Å². The largest absolute Gasteiger partial charge is 0.383 e. The number of aromatic nitrogens is 3. The summed E-state index contributed by atoms with van der Waals surface area (Å²) in [5.74, 6) is 1.94.